The Kier molecular flexibility index (Phi) is 4.50. The summed E-state index contributed by atoms with van der Waals surface area (Å²) < 4.78 is 5.01. The summed E-state index contributed by atoms with van der Waals surface area (Å²) in [6.45, 7) is 3.43. The first-order chi connectivity index (χ1) is 10.4. The van der Waals surface area contributed by atoms with Crippen LogP contribution >= 0.6 is 0 Å². The van der Waals surface area contributed by atoms with Crippen molar-refractivity contribution in [1.29, 1.82) is 0 Å². The summed E-state index contributed by atoms with van der Waals surface area (Å²) in [5.74, 6) is -1.33. The zero-order valence-corrected chi connectivity index (χ0v) is 12.1. The Labute approximate surface area is 126 Å². The van der Waals surface area contributed by atoms with Crippen LogP contribution in [0.3, 0.4) is 0 Å². The Morgan fingerprint density at radius 3 is 2.86 bits per heavy atom. The molecule has 2 amide bonds. The topological polar surface area (TPSA) is 111 Å². The first-order valence-electron chi connectivity index (χ1n) is 6.70. The van der Waals surface area contributed by atoms with Gasteiger partial charge in [0.15, 0.2) is 0 Å². The van der Waals surface area contributed by atoms with E-state index in [2.05, 4.69) is 10.3 Å². The molecular formula is C14H15N3O5. The number of nitro groups is 1. The van der Waals surface area contributed by atoms with Gasteiger partial charge in [0, 0.05) is 17.8 Å². The second kappa shape index (κ2) is 6.33. The van der Waals surface area contributed by atoms with Crippen LogP contribution in [0, 0.1) is 16.0 Å². The minimum Gasteiger partial charge on any atom is -0.465 e. The van der Waals surface area contributed by atoms with E-state index in [-0.39, 0.29) is 12.3 Å². The fourth-order valence-corrected chi connectivity index (χ4v) is 2.37. The van der Waals surface area contributed by atoms with E-state index in [0.717, 1.165) is 0 Å². The highest BCUT2D eigenvalue weighted by molar-refractivity contribution is 6.08. The molecule has 0 aliphatic carbocycles. The maximum atomic E-state index is 12.1. The summed E-state index contributed by atoms with van der Waals surface area (Å²) >= 11 is 0. The monoisotopic (exact) mass is 305 g/mol. The third-order valence-electron chi connectivity index (χ3n) is 3.32. The lowest BCUT2D eigenvalue weighted by atomic mass is 9.88. The molecule has 0 bridgehead atoms. The van der Waals surface area contributed by atoms with Crippen molar-refractivity contribution in [2.75, 3.05) is 6.61 Å². The van der Waals surface area contributed by atoms with Crippen LogP contribution in [0.15, 0.2) is 29.3 Å². The van der Waals surface area contributed by atoms with Crippen LogP contribution in [0.1, 0.15) is 25.5 Å². The van der Waals surface area contributed by atoms with Gasteiger partial charge in [-0.2, -0.15) is 0 Å². The first-order valence-corrected chi connectivity index (χ1v) is 6.70. The van der Waals surface area contributed by atoms with Gasteiger partial charge in [0.25, 0.3) is 5.69 Å². The van der Waals surface area contributed by atoms with Crippen molar-refractivity contribution in [3.63, 3.8) is 0 Å². The lowest BCUT2D eigenvalue weighted by molar-refractivity contribution is -0.384. The molecule has 1 N–H and O–H groups in total. The minimum atomic E-state index is -0.806. The number of nitro benzene ring substituents is 1. The molecular weight excluding hydrogens is 290 g/mol. The van der Waals surface area contributed by atoms with Crippen molar-refractivity contribution in [2.24, 2.45) is 10.9 Å². The van der Waals surface area contributed by atoms with E-state index in [1.807, 2.05) is 0 Å². The molecule has 0 radical (unpaired) electrons. The number of urea groups is 1. The fourth-order valence-electron chi connectivity index (χ4n) is 2.37. The SMILES string of the molecule is CCOC(=O)C1C(C)=NC(=O)NC1c1cccc([N+](=O)[O-])c1. The van der Waals surface area contributed by atoms with Crippen molar-refractivity contribution in [1.82, 2.24) is 5.32 Å². The predicted octanol–water partition coefficient (Wildman–Crippen LogP) is 2.00. The summed E-state index contributed by atoms with van der Waals surface area (Å²) in [4.78, 5) is 37.8. The number of amides is 2. The molecule has 0 fully saturated rings. The summed E-state index contributed by atoms with van der Waals surface area (Å²) in [5.41, 5.74) is 0.656. The van der Waals surface area contributed by atoms with Gasteiger partial charge in [-0.15, -0.1) is 0 Å². The Balaban J connectivity index is 2.43. The molecule has 0 spiro atoms. The van der Waals surface area contributed by atoms with Gasteiger partial charge in [0.05, 0.1) is 17.6 Å². The van der Waals surface area contributed by atoms with E-state index in [1.54, 1.807) is 19.9 Å². The Morgan fingerprint density at radius 2 is 2.23 bits per heavy atom. The standard InChI is InChI=1S/C14H15N3O5/c1-3-22-13(18)11-8(2)15-14(19)16-12(11)9-5-4-6-10(7-9)17(20)21/h4-7,11-12H,3H2,1-2H3,(H,16,19). The molecule has 22 heavy (non-hydrogen) atoms. The van der Waals surface area contributed by atoms with E-state index in [0.29, 0.717) is 11.3 Å². The number of esters is 1. The number of non-ortho nitro benzene ring substituents is 1. The molecule has 1 aromatic rings. The number of aliphatic imine (C=N–C) groups is 1. The number of benzene rings is 1. The summed E-state index contributed by atoms with van der Waals surface area (Å²) in [6, 6.07) is 4.45. The second-order valence-electron chi connectivity index (χ2n) is 4.76. The largest absolute Gasteiger partial charge is 0.465 e. The van der Waals surface area contributed by atoms with Crippen LogP contribution in [0.2, 0.25) is 0 Å². The lowest BCUT2D eigenvalue weighted by Crippen LogP contribution is -2.44. The number of rotatable bonds is 4. The maximum Gasteiger partial charge on any atom is 0.341 e. The third kappa shape index (κ3) is 3.11. The van der Waals surface area contributed by atoms with Gasteiger partial charge in [-0.3, -0.25) is 14.9 Å². The highest BCUT2D eigenvalue weighted by Gasteiger charge is 2.38. The van der Waals surface area contributed by atoms with Crippen LogP contribution < -0.4 is 5.32 Å². The van der Waals surface area contributed by atoms with Crippen molar-refractivity contribution < 1.29 is 19.2 Å². The molecule has 2 rings (SSSR count). The van der Waals surface area contributed by atoms with Crippen LogP contribution in [-0.2, 0) is 9.53 Å². The maximum absolute atomic E-state index is 12.1. The molecule has 1 heterocycles. The van der Waals surface area contributed by atoms with Gasteiger partial charge < -0.3 is 10.1 Å². The molecule has 1 aromatic carbocycles. The molecule has 0 saturated heterocycles. The van der Waals surface area contributed by atoms with E-state index in [9.17, 15) is 19.7 Å². The second-order valence-corrected chi connectivity index (χ2v) is 4.76. The Bertz CT molecular complexity index is 656. The summed E-state index contributed by atoms with van der Waals surface area (Å²) in [6.07, 6.45) is 0. The normalized spacial score (nSPS) is 20.8. The van der Waals surface area contributed by atoms with E-state index >= 15 is 0 Å². The number of hydrogen-bond acceptors (Lipinski definition) is 5. The number of ether oxygens (including phenoxy) is 1. The smallest absolute Gasteiger partial charge is 0.341 e. The summed E-state index contributed by atoms with van der Waals surface area (Å²) in [7, 11) is 0. The lowest BCUT2D eigenvalue weighted by Gasteiger charge is -2.29. The zero-order valence-electron chi connectivity index (χ0n) is 12.1. The van der Waals surface area contributed by atoms with E-state index in [1.165, 1.54) is 18.2 Å². The Hall–Kier alpha value is -2.77. The fraction of sp³-hybridized carbons (Fsp3) is 0.357. The minimum absolute atomic E-state index is 0.116. The molecule has 1 aliphatic rings. The number of hydrogen-bond donors (Lipinski definition) is 1. The van der Waals surface area contributed by atoms with E-state index < -0.39 is 28.9 Å². The first kappa shape index (κ1) is 15.6. The Morgan fingerprint density at radius 1 is 1.50 bits per heavy atom. The molecule has 0 saturated carbocycles. The van der Waals surface area contributed by atoms with Gasteiger partial charge in [-0.1, -0.05) is 12.1 Å². The number of nitrogens with zero attached hydrogens (tertiary/aromatic N) is 2. The zero-order chi connectivity index (χ0) is 16.3. The molecule has 1 aliphatic heterocycles. The summed E-state index contributed by atoms with van der Waals surface area (Å²) in [5, 5.41) is 13.5. The average molecular weight is 305 g/mol. The quantitative estimate of drug-likeness (QED) is 0.519. The van der Waals surface area contributed by atoms with Crippen LogP contribution in [0.5, 0.6) is 0 Å². The van der Waals surface area contributed by atoms with Crippen LogP contribution in [0.4, 0.5) is 10.5 Å². The van der Waals surface area contributed by atoms with Gasteiger partial charge in [-0.25, -0.2) is 9.79 Å². The molecule has 8 heteroatoms. The van der Waals surface area contributed by atoms with Crippen molar-refractivity contribution in [3.8, 4) is 0 Å². The molecule has 0 aromatic heterocycles. The van der Waals surface area contributed by atoms with Crippen LogP contribution in [-0.4, -0.2) is 29.2 Å². The average Bonchev–Trinajstić information content (AvgIpc) is 2.46. The third-order valence-corrected chi connectivity index (χ3v) is 3.32. The molecule has 2 atom stereocenters. The molecule has 116 valence electrons. The van der Waals surface area contributed by atoms with Gasteiger partial charge >= 0.3 is 12.0 Å². The van der Waals surface area contributed by atoms with E-state index in [4.69, 9.17) is 4.74 Å². The van der Waals surface area contributed by atoms with Gasteiger partial charge in [0.1, 0.15) is 5.92 Å². The van der Waals surface area contributed by atoms with Crippen LogP contribution in [0.25, 0.3) is 0 Å². The highest BCUT2D eigenvalue weighted by Crippen LogP contribution is 2.29. The number of carbonyl (C=O) groups excluding carboxylic acids is 2. The van der Waals surface area contributed by atoms with Crippen molar-refractivity contribution in [3.05, 3.63) is 39.9 Å². The number of nitrogens with one attached hydrogen (secondary N) is 1. The van der Waals surface area contributed by atoms with Gasteiger partial charge in [-0.05, 0) is 19.4 Å². The van der Waals surface area contributed by atoms with Crippen molar-refractivity contribution >= 4 is 23.4 Å². The highest BCUT2D eigenvalue weighted by atomic mass is 16.6. The predicted molar refractivity (Wildman–Crippen MR) is 77.6 cm³/mol. The molecule has 2 unspecified atom stereocenters. The van der Waals surface area contributed by atoms with Crippen molar-refractivity contribution in [2.45, 2.75) is 19.9 Å². The number of carbonyl (C=O) groups is 2. The van der Waals surface area contributed by atoms with Gasteiger partial charge in [0.2, 0.25) is 0 Å². The molecule has 8 nitrogen and oxygen atoms in total.